The Balaban J connectivity index is 2.87. The molecule has 2 rings (SSSR count). The van der Waals surface area contributed by atoms with Gasteiger partial charge in [0, 0.05) is 18.6 Å². The molecule has 0 fully saturated rings. The van der Waals surface area contributed by atoms with Crippen molar-refractivity contribution in [3.63, 3.8) is 0 Å². The second-order valence-electron chi connectivity index (χ2n) is 2.64. The van der Waals surface area contributed by atoms with E-state index in [4.69, 9.17) is 0 Å². The predicted molar refractivity (Wildman–Crippen MR) is 47.8 cm³/mol. The second-order valence-corrected chi connectivity index (χ2v) is 4.50. The van der Waals surface area contributed by atoms with E-state index in [1.54, 1.807) is 6.07 Å². The van der Waals surface area contributed by atoms with E-state index < -0.39 is 10.0 Å². The molecule has 0 saturated heterocycles. The summed E-state index contributed by atoms with van der Waals surface area (Å²) in [5.74, 6) is 0. The lowest BCUT2D eigenvalue weighted by Crippen LogP contribution is -2.08. The smallest absolute Gasteiger partial charge is 0.237 e. The van der Waals surface area contributed by atoms with Gasteiger partial charge in [-0.25, -0.2) is 17.4 Å². The van der Waals surface area contributed by atoms with Crippen LogP contribution in [0.5, 0.6) is 0 Å². The predicted octanol–water partition coefficient (Wildman–Crippen LogP) is 0.239. The van der Waals surface area contributed by atoms with Crippen LogP contribution in [0.15, 0.2) is 24.7 Å². The highest BCUT2D eigenvalue weighted by atomic mass is 32.2. The van der Waals surface area contributed by atoms with Gasteiger partial charge < -0.3 is 0 Å². The molecule has 0 radical (unpaired) electrons. The highest BCUT2D eigenvalue weighted by molar-refractivity contribution is 7.89. The minimum atomic E-state index is -3.27. The maximum absolute atomic E-state index is 11.2. The lowest BCUT2D eigenvalue weighted by Gasteiger charge is -1.98. The van der Waals surface area contributed by atoms with E-state index in [1.165, 1.54) is 18.6 Å². The fourth-order valence-electron chi connectivity index (χ4n) is 1.11. The lowest BCUT2D eigenvalue weighted by molar-refractivity contribution is 0.595. The first-order valence-electron chi connectivity index (χ1n) is 3.57. The second kappa shape index (κ2) is 2.53. The molecule has 0 bridgehead atoms. The average molecular weight is 197 g/mol. The number of nitrogens with zero attached hydrogens (tertiary/aromatic N) is 3. The van der Waals surface area contributed by atoms with Gasteiger partial charge in [0.1, 0.15) is 5.52 Å². The molecular weight excluding hydrogens is 190 g/mol. The van der Waals surface area contributed by atoms with E-state index >= 15 is 0 Å². The summed E-state index contributed by atoms with van der Waals surface area (Å²) >= 11 is 0. The van der Waals surface area contributed by atoms with Gasteiger partial charge in [0.25, 0.3) is 0 Å². The Morgan fingerprint density at radius 3 is 2.69 bits per heavy atom. The molecular formula is C7H7N3O2S. The zero-order valence-corrected chi connectivity index (χ0v) is 7.69. The van der Waals surface area contributed by atoms with Gasteiger partial charge >= 0.3 is 0 Å². The van der Waals surface area contributed by atoms with Crippen molar-refractivity contribution in [3.8, 4) is 0 Å². The van der Waals surface area contributed by atoms with Gasteiger partial charge in [-0.15, -0.1) is 0 Å². The van der Waals surface area contributed by atoms with Crippen molar-refractivity contribution >= 4 is 21.2 Å². The minimum absolute atomic E-state index is 0.366. The van der Waals surface area contributed by atoms with E-state index in [9.17, 15) is 8.42 Å². The van der Waals surface area contributed by atoms with Crippen LogP contribution in [0.1, 0.15) is 0 Å². The number of fused-ring (bicyclic) bond motifs is 1. The van der Waals surface area contributed by atoms with Crippen LogP contribution in [0.3, 0.4) is 0 Å². The van der Waals surface area contributed by atoms with Crippen molar-refractivity contribution < 1.29 is 8.42 Å². The average Bonchev–Trinajstić information content (AvgIpc) is 2.45. The van der Waals surface area contributed by atoms with E-state index in [1.807, 2.05) is 0 Å². The van der Waals surface area contributed by atoms with Crippen LogP contribution < -0.4 is 0 Å². The molecule has 2 heterocycles. The lowest BCUT2D eigenvalue weighted by atomic mass is 10.5. The summed E-state index contributed by atoms with van der Waals surface area (Å²) in [5.41, 5.74) is 0.943. The van der Waals surface area contributed by atoms with E-state index in [0.717, 1.165) is 10.2 Å². The Bertz CT molecular complexity index is 544. The molecule has 5 nitrogen and oxygen atoms in total. The summed E-state index contributed by atoms with van der Waals surface area (Å²) in [5, 5.41) is 0. The van der Waals surface area contributed by atoms with E-state index in [-0.39, 0.29) is 0 Å². The van der Waals surface area contributed by atoms with Gasteiger partial charge in [0.15, 0.2) is 5.65 Å². The zero-order chi connectivity index (χ0) is 9.47. The third-order valence-electron chi connectivity index (χ3n) is 1.64. The topological polar surface area (TPSA) is 64.8 Å². The first-order chi connectivity index (χ1) is 6.09. The maximum atomic E-state index is 11.2. The summed E-state index contributed by atoms with van der Waals surface area (Å²) in [6.07, 6.45) is 5.56. The maximum Gasteiger partial charge on any atom is 0.237 e. The molecule has 0 aliphatic rings. The highest BCUT2D eigenvalue weighted by Gasteiger charge is 2.10. The molecule has 2 aromatic rings. The Morgan fingerprint density at radius 2 is 2.00 bits per heavy atom. The summed E-state index contributed by atoms with van der Waals surface area (Å²) in [4.78, 5) is 7.90. The molecule has 13 heavy (non-hydrogen) atoms. The Morgan fingerprint density at radius 1 is 1.31 bits per heavy atom. The monoisotopic (exact) mass is 197 g/mol. The highest BCUT2D eigenvalue weighted by Crippen LogP contribution is 2.10. The van der Waals surface area contributed by atoms with Crippen LogP contribution in [0.2, 0.25) is 0 Å². The van der Waals surface area contributed by atoms with Crippen LogP contribution >= 0.6 is 0 Å². The fourth-order valence-corrected chi connectivity index (χ4v) is 1.84. The molecule has 0 aliphatic heterocycles. The SMILES string of the molecule is CS(=O)(=O)n1ccc2nccnc21. The molecule has 0 saturated carbocycles. The first kappa shape index (κ1) is 8.18. The number of rotatable bonds is 1. The minimum Gasteiger partial charge on any atom is -0.251 e. The van der Waals surface area contributed by atoms with Gasteiger partial charge in [0.2, 0.25) is 10.0 Å². The van der Waals surface area contributed by atoms with Crippen LogP contribution in [-0.4, -0.2) is 28.6 Å². The Kier molecular flexibility index (Phi) is 1.59. The molecule has 0 aliphatic carbocycles. The zero-order valence-electron chi connectivity index (χ0n) is 6.88. The van der Waals surface area contributed by atoms with E-state index in [2.05, 4.69) is 9.97 Å². The number of hydrogen-bond acceptors (Lipinski definition) is 4. The molecule has 0 spiro atoms. The molecule has 0 atom stereocenters. The molecule has 0 amide bonds. The van der Waals surface area contributed by atoms with Crippen molar-refractivity contribution in [1.29, 1.82) is 0 Å². The van der Waals surface area contributed by atoms with Gasteiger partial charge in [-0.1, -0.05) is 0 Å². The quantitative estimate of drug-likeness (QED) is 0.656. The molecule has 0 aromatic carbocycles. The van der Waals surface area contributed by atoms with Crippen LogP contribution in [-0.2, 0) is 10.0 Å². The number of hydrogen-bond donors (Lipinski definition) is 0. The normalized spacial score (nSPS) is 12.1. The van der Waals surface area contributed by atoms with Crippen molar-refractivity contribution in [1.82, 2.24) is 13.9 Å². The van der Waals surface area contributed by atoms with Gasteiger partial charge in [-0.3, -0.25) is 4.98 Å². The third kappa shape index (κ3) is 1.29. The largest absolute Gasteiger partial charge is 0.251 e. The standard InChI is InChI=1S/C7H7N3O2S/c1-13(11,12)10-5-2-6-7(10)9-4-3-8-6/h2-5H,1H3. The molecule has 6 heteroatoms. The summed E-state index contributed by atoms with van der Waals surface area (Å²) in [7, 11) is -3.27. The van der Waals surface area contributed by atoms with Crippen LogP contribution in [0, 0.1) is 0 Å². The third-order valence-corrected chi connectivity index (χ3v) is 2.65. The van der Waals surface area contributed by atoms with Crippen LogP contribution in [0.25, 0.3) is 11.2 Å². The fraction of sp³-hybridized carbons (Fsp3) is 0.143. The van der Waals surface area contributed by atoms with Crippen LogP contribution in [0.4, 0.5) is 0 Å². The molecule has 0 unspecified atom stereocenters. The first-order valence-corrected chi connectivity index (χ1v) is 5.42. The van der Waals surface area contributed by atoms with Crippen molar-refractivity contribution in [2.45, 2.75) is 0 Å². The summed E-state index contributed by atoms with van der Waals surface area (Å²) < 4.78 is 23.5. The number of aromatic nitrogens is 3. The van der Waals surface area contributed by atoms with E-state index in [0.29, 0.717) is 11.2 Å². The molecule has 0 N–H and O–H groups in total. The van der Waals surface area contributed by atoms with Crippen molar-refractivity contribution in [3.05, 3.63) is 24.7 Å². The Hall–Kier alpha value is -1.43. The summed E-state index contributed by atoms with van der Waals surface area (Å²) in [6, 6.07) is 1.61. The van der Waals surface area contributed by atoms with Gasteiger partial charge in [-0.2, -0.15) is 0 Å². The Labute approximate surface area is 75.1 Å². The van der Waals surface area contributed by atoms with Crippen molar-refractivity contribution in [2.24, 2.45) is 0 Å². The molecule has 2 aromatic heterocycles. The van der Waals surface area contributed by atoms with Gasteiger partial charge in [0.05, 0.1) is 6.26 Å². The summed E-state index contributed by atoms with van der Waals surface area (Å²) in [6.45, 7) is 0. The molecule has 68 valence electrons. The van der Waals surface area contributed by atoms with Gasteiger partial charge in [-0.05, 0) is 6.07 Å². The van der Waals surface area contributed by atoms with Crippen molar-refractivity contribution in [2.75, 3.05) is 6.26 Å².